The van der Waals surface area contributed by atoms with E-state index in [0.717, 1.165) is 25.8 Å². The summed E-state index contributed by atoms with van der Waals surface area (Å²) in [6.07, 6.45) is 3.58. The van der Waals surface area contributed by atoms with Gasteiger partial charge in [-0.25, -0.2) is 0 Å². The number of amides is 2. The Hall–Kier alpha value is -2.28. The number of likely N-dealkylation sites (tertiary alicyclic amines) is 1. The van der Waals surface area contributed by atoms with Gasteiger partial charge in [0.05, 0.1) is 0 Å². The van der Waals surface area contributed by atoms with Crippen LogP contribution < -0.4 is 20.1 Å². The van der Waals surface area contributed by atoms with Crippen molar-refractivity contribution in [2.24, 2.45) is 0 Å². The van der Waals surface area contributed by atoms with Gasteiger partial charge in [-0.05, 0) is 57.4 Å². The molecule has 0 saturated carbocycles. The highest BCUT2D eigenvalue weighted by Crippen LogP contribution is 2.33. The zero-order valence-electron chi connectivity index (χ0n) is 15.0. The third-order valence-corrected chi connectivity index (χ3v) is 5.53. The maximum absolute atomic E-state index is 13.0. The number of piperidine rings is 1. The third kappa shape index (κ3) is 3.23. The highest BCUT2D eigenvalue weighted by molar-refractivity contribution is 5.98. The van der Waals surface area contributed by atoms with E-state index in [1.165, 1.54) is 0 Å². The molecule has 1 aromatic carbocycles. The quantitative estimate of drug-likeness (QED) is 0.850. The molecule has 7 heteroatoms. The van der Waals surface area contributed by atoms with Gasteiger partial charge in [0, 0.05) is 24.2 Å². The Bertz CT molecular complexity index is 708. The van der Waals surface area contributed by atoms with Gasteiger partial charge >= 0.3 is 0 Å². The van der Waals surface area contributed by atoms with Crippen LogP contribution in [0.1, 0.15) is 43.0 Å². The van der Waals surface area contributed by atoms with Crippen LogP contribution >= 0.6 is 0 Å². The van der Waals surface area contributed by atoms with E-state index in [0.29, 0.717) is 30.0 Å². The Labute approximate surface area is 153 Å². The Kier molecular flexibility index (Phi) is 4.72. The number of nitrogens with zero attached hydrogens (tertiary/aromatic N) is 1. The fraction of sp³-hybridized carbons (Fsp3) is 0.579. The Balaban J connectivity index is 1.45. The molecule has 0 aliphatic carbocycles. The van der Waals surface area contributed by atoms with Crippen LogP contribution in [0.3, 0.4) is 0 Å². The zero-order valence-corrected chi connectivity index (χ0v) is 15.0. The first kappa shape index (κ1) is 17.1. The first-order chi connectivity index (χ1) is 12.6. The molecule has 0 bridgehead atoms. The number of rotatable bonds is 3. The molecule has 0 aromatic heterocycles. The normalized spacial score (nSPS) is 27.4. The summed E-state index contributed by atoms with van der Waals surface area (Å²) in [5.41, 5.74) is 0.529. The van der Waals surface area contributed by atoms with Crippen LogP contribution in [-0.2, 0) is 4.79 Å². The van der Waals surface area contributed by atoms with E-state index in [-0.39, 0.29) is 30.7 Å². The Morgan fingerprint density at radius 3 is 2.88 bits per heavy atom. The van der Waals surface area contributed by atoms with Gasteiger partial charge in [0.25, 0.3) is 5.91 Å². The molecule has 140 valence electrons. The number of hydrogen-bond donors (Lipinski definition) is 2. The van der Waals surface area contributed by atoms with Crippen LogP contribution in [-0.4, -0.2) is 54.7 Å². The lowest BCUT2D eigenvalue weighted by Gasteiger charge is -2.33. The fourth-order valence-electron chi connectivity index (χ4n) is 4.00. The van der Waals surface area contributed by atoms with Crippen molar-refractivity contribution in [1.82, 2.24) is 15.5 Å². The number of carbonyl (C=O) groups excluding carboxylic acids is 2. The molecule has 2 saturated heterocycles. The van der Waals surface area contributed by atoms with Crippen molar-refractivity contribution >= 4 is 11.8 Å². The summed E-state index contributed by atoms with van der Waals surface area (Å²) in [4.78, 5) is 27.5. The van der Waals surface area contributed by atoms with Crippen molar-refractivity contribution in [2.45, 2.75) is 50.7 Å². The van der Waals surface area contributed by atoms with Gasteiger partial charge in [0.1, 0.15) is 6.04 Å². The maximum atomic E-state index is 13.0. The predicted molar refractivity (Wildman–Crippen MR) is 95.3 cm³/mol. The zero-order chi connectivity index (χ0) is 18.1. The van der Waals surface area contributed by atoms with E-state index in [1.54, 1.807) is 23.1 Å². The molecule has 3 aliphatic heterocycles. The van der Waals surface area contributed by atoms with Gasteiger partial charge in [-0.1, -0.05) is 0 Å². The first-order valence-corrected chi connectivity index (χ1v) is 9.38. The molecular formula is C19H25N3O4. The van der Waals surface area contributed by atoms with E-state index < -0.39 is 6.04 Å². The summed E-state index contributed by atoms with van der Waals surface area (Å²) in [7, 11) is 0. The van der Waals surface area contributed by atoms with Crippen molar-refractivity contribution in [3.63, 3.8) is 0 Å². The molecule has 1 aromatic rings. The molecular weight excluding hydrogens is 334 g/mol. The largest absolute Gasteiger partial charge is 0.454 e. The van der Waals surface area contributed by atoms with Gasteiger partial charge in [-0.15, -0.1) is 0 Å². The SMILES string of the molecule is CC1NCCCC1NC(=O)C1CCCN1C(=O)c1ccc2c(c1)OCO2. The molecule has 2 amide bonds. The number of fused-ring (bicyclic) bond motifs is 1. The summed E-state index contributed by atoms with van der Waals surface area (Å²) in [5, 5.41) is 6.54. The summed E-state index contributed by atoms with van der Waals surface area (Å²) in [6.45, 7) is 3.86. The smallest absolute Gasteiger partial charge is 0.254 e. The van der Waals surface area contributed by atoms with E-state index in [9.17, 15) is 9.59 Å². The van der Waals surface area contributed by atoms with Gasteiger partial charge in [0.15, 0.2) is 11.5 Å². The Morgan fingerprint density at radius 1 is 1.19 bits per heavy atom. The van der Waals surface area contributed by atoms with Crippen molar-refractivity contribution in [3.8, 4) is 11.5 Å². The number of carbonyl (C=O) groups is 2. The molecule has 7 nitrogen and oxygen atoms in total. The average Bonchev–Trinajstić information content (AvgIpc) is 3.31. The molecule has 2 N–H and O–H groups in total. The summed E-state index contributed by atoms with van der Waals surface area (Å²) in [5.74, 6) is 1.06. The van der Waals surface area contributed by atoms with Gasteiger partial charge in [0.2, 0.25) is 12.7 Å². The second kappa shape index (κ2) is 7.15. The fourth-order valence-corrected chi connectivity index (χ4v) is 4.00. The van der Waals surface area contributed by atoms with Gasteiger partial charge in [-0.3, -0.25) is 9.59 Å². The highest BCUT2D eigenvalue weighted by atomic mass is 16.7. The number of hydrogen-bond acceptors (Lipinski definition) is 5. The minimum atomic E-state index is -0.401. The van der Waals surface area contributed by atoms with Crippen molar-refractivity contribution in [2.75, 3.05) is 19.9 Å². The number of benzene rings is 1. The first-order valence-electron chi connectivity index (χ1n) is 9.38. The Morgan fingerprint density at radius 2 is 2.04 bits per heavy atom. The molecule has 3 aliphatic rings. The van der Waals surface area contributed by atoms with Crippen LogP contribution in [0.25, 0.3) is 0 Å². The van der Waals surface area contributed by atoms with Gasteiger partial charge in [-0.2, -0.15) is 0 Å². The lowest BCUT2D eigenvalue weighted by atomic mass is 9.99. The average molecular weight is 359 g/mol. The van der Waals surface area contributed by atoms with Crippen LogP contribution in [0.15, 0.2) is 18.2 Å². The van der Waals surface area contributed by atoms with E-state index >= 15 is 0 Å². The minimum Gasteiger partial charge on any atom is -0.454 e. The van der Waals surface area contributed by atoms with Crippen LogP contribution in [0.5, 0.6) is 11.5 Å². The molecule has 3 unspecified atom stereocenters. The third-order valence-electron chi connectivity index (χ3n) is 5.53. The standard InChI is InChI=1S/C19H25N3O4/c1-12-14(4-2-8-20-12)21-18(23)15-5-3-9-22(15)19(24)13-6-7-16-17(10-13)26-11-25-16/h6-7,10,12,14-15,20H,2-5,8-9,11H2,1H3,(H,21,23). The van der Waals surface area contributed by atoms with Crippen molar-refractivity contribution < 1.29 is 19.1 Å². The molecule has 0 radical (unpaired) electrons. The second-order valence-electron chi connectivity index (χ2n) is 7.22. The van der Waals surface area contributed by atoms with Crippen LogP contribution in [0.4, 0.5) is 0 Å². The monoisotopic (exact) mass is 359 g/mol. The summed E-state index contributed by atoms with van der Waals surface area (Å²) >= 11 is 0. The summed E-state index contributed by atoms with van der Waals surface area (Å²) in [6, 6.07) is 5.16. The van der Waals surface area contributed by atoms with Crippen LogP contribution in [0, 0.1) is 0 Å². The molecule has 4 rings (SSSR count). The lowest BCUT2D eigenvalue weighted by molar-refractivity contribution is -0.125. The van der Waals surface area contributed by atoms with Crippen LogP contribution in [0.2, 0.25) is 0 Å². The molecule has 2 fully saturated rings. The maximum Gasteiger partial charge on any atom is 0.254 e. The lowest BCUT2D eigenvalue weighted by Crippen LogP contribution is -2.56. The van der Waals surface area contributed by atoms with Gasteiger partial charge < -0.3 is 25.0 Å². The molecule has 26 heavy (non-hydrogen) atoms. The van der Waals surface area contributed by atoms with E-state index in [2.05, 4.69) is 17.6 Å². The number of nitrogens with one attached hydrogen (secondary N) is 2. The molecule has 3 atom stereocenters. The van der Waals surface area contributed by atoms with E-state index in [4.69, 9.17) is 9.47 Å². The summed E-state index contributed by atoms with van der Waals surface area (Å²) < 4.78 is 10.7. The van der Waals surface area contributed by atoms with Crippen molar-refractivity contribution in [3.05, 3.63) is 23.8 Å². The number of ether oxygens (including phenoxy) is 2. The minimum absolute atomic E-state index is 0.0443. The molecule has 3 heterocycles. The molecule has 0 spiro atoms. The second-order valence-corrected chi connectivity index (χ2v) is 7.22. The topological polar surface area (TPSA) is 79.9 Å². The van der Waals surface area contributed by atoms with Crippen molar-refractivity contribution in [1.29, 1.82) is 0 Å². The predicted octanol–water partition coefficient (Wildman–Crippen LogP) is 1.28. The highest BCUT2D eigenvalue weighted by Gasteiger charge is 2.36. The van der Waals surface area contributed by atoms with E-state index in [1.807, 2.05) is 0 Å².